The van der Waals surface area contributed by atoms with Gasteiger partial charge in [-0.3, -0.25) is 15.3 Å². The zero-order valence-corrected chi connectivity index (χ0v) is 14.3. The molecule has 1 N–H and O–H groups in total. The van der Waals surface area contributed by atoms with Gasteiger partial charge in [0.15, 0.2) is 5.84 Å². The van der Waals surface area contributed by atoms with Crippen LogP contribution in [0.3, 0.4) is 0 Å². The van der Waals surface area contributed by atoms with E-state index in [4.69, 9.17) is 10.1 Å². The molecule has 0 radical (unpaired) electrons. The van der Waals surface area contributed by atoms with Gasteiger partial charge in [0, 0.05) is 23.9 Å². The van der Waals surface area contributed by atoms with Crippen LogP contribution in [0.4, 0.5) is 5.95 Å². The smallest absolute Gasteiger partial charge is 0.232 e. The molecule has 0 aromatic carbocycles. The molecule has 0 spiro atoms. The lowest BCUT2D eigenvalue weighted by Crippen LogP contribution is -2.54. The van der Waals surface area contributed by atoms with E-state index in [2.05, 4.69) is 25.1 Å². The molecule has 7 nitrogen and oxygen atoms in total. The van der Waals surface area contributed by atoms with Crippen molar-refractivity contribution in [2.24, 2.45) is 11.0 Å². The number of amidine groups is 1. The van der Waals surface area contributed by atoms with E-state index >= 15 is 0 Å². The van der Waals surface area contributed by atoms with Gasteiger partial charge in [0.2, 0.25) is 11.1 Å². The molecule has 124 valence electrons. The number of fused-ring (bicyclic) bond motifs is 6. The van der Waals surface area contributed by atoms with Crippen LogP contribution in [-0.4, -0.2) is 38.0 Å². The second-order valence-corrected chi connectivity index (χ2v) is 7.25. The van der Waals surface area contributed by atoms with Gasteiger partial charge < -0.3 is 0 Å². The summed E-state index contributed by atoms with van der Waals surface area (Å²) in [5.74, 6) is 2.33. The van der Waals surface area contributed by atoms with Crippen LogP contribution in [0.5, 0.6) is 0 Å². The molecule has 8 heteroatoms. The molecule has 3 atom stereocenters. The van der Waals surface area contributed by atoms with Gasteiger partial charge in [-0.15, -0.1) is 5.10 Å². The van der Waals surface area contributed by atoms with E-state index in [1.807, 2.05) is 18.4 Å². The van der Waals surface area contributed by atoms with Crippen LogP contribution in [0, 0.1) is 5.92 Å². The fraction of sp³-hybridized carbons (Fsp3) is 0.500. The van der Waals surface area contributed by atoms with Crippen molar-refractivity contribution < 1.29 is 0 Å². The Labute approximate surface area is 144 Å². The second-order valence-electron chi connectivity index (χ2n) is 6.47. The predicted octanol–water partition coefficient (Wildman–Crippen LogP) is 2.24. The molecule has 3 unspecified atom stereocenters. The van der Waals surface area contributed by atoms with E-state index in [0.29, 0.717) is 12.0 Å². The van der Waals surface area contributed by atoms with Crippen molar-refractivity contribution in [3.05, 3.63) is 30.1 Å². The number of hydrogen-bond acceptors (Lipinski definition) is 7. The molecule has 0 amide bonds. The Morgan fingerprint density at radius 2 is 2.04 bits per heavy atom. The molecule has 24 heavy (non-hydrogen) atoms. The number of nitrogens with zero attached hydrogens (tertiary/aromatic N) is 6. The summed E-state index contributed by atoms with van der Waals surface area (Å²) in [5.41, 5.74) is 4.43. The van der Waals surface area contributed by atoms with Crippen molar-refractivity contribution in [2.75, 3.05) is 11.2 Å². The monoisotopic (exact) mass is 341 g/mol. The largest absolute Gasteiger partial charge is 0.285 e. The lowest BCUT2D eigenvalue weighted by molar-refractivity contribution is 0.162. The molecule has 2 aliphatic heterocycles. The molecule has 1 saturated carbocycles. The van der Waals surface area contributed by atoms with Crippen LogP contribution >= 0.6 is 11.8 Å². The van der Waals surface area contributed by atoms with Crippen LogP contribution in [0.15, 0.2) is 34.8 Å². The maximum absolute atomic E-state index is 4.78. The number of rotatable bonds is 2. The molecule has 2 aromatic rings. The Morgan fingerprint density at radius 3 is 2.88 bits per heavy atom. The molecule has 0 bridgehead atoms. The van der Waals surface area contributed by atoms with Gasteiger partial charge in [-0.2, -0.15) is 10.1 Å². The second kappa shape index (κ2) is 5.47. The summed E-state index contributed by atoms with van der Waals surface area (Å²) < 4.78 is 2.15. The standard InChI is InChI=1S/C16H19N7S/c1-24-15-18-16-22-13(10-6-8-17-9-7-10)19-20-14(22)11-4-2-3-5-12(11)23(16)21-15/h6-9,11-12,14,20H,2-5H2,1H3. The molecule has 1 fully saturated rings. The quantitative estimate of drug-likeness (QED) is 0.845. The highest BCUT2D eigenvalue weighted by Crippen LogP contribution is 2.45. The molecular weight excluding hydrogens is 322 g/mol. The van der Waals surface area contributed by atoms with E-state index in [1.54, 1.807) is 24.2 Å². The van der Waals surface area contributed by atoms with Gasteiger partial charge in [-0.1, -0.05) is 24.6 Å². The first-order valence-corrected chi connectivity index (χ1v) is 9.62. The number of hydrazone groups is 1. The van der Waals surface area contributed by atoms with E-state index in [1.165, 1.54) is 25.7 Å². The minimum Gasteiger partial charge on any atom is -0.285 e. The number of thioether (sulfide) groups is 1. The third-order valence-corrected chi connectivity index (χ3v) is 5.78. The number of nitrogens with one attached hydrogen (secondary N) is 1. The lowest BCUT2D eigenvalue weighted by Gasteiger charge is -2.44. The fourth-order valence-corrected chi connectivity index (χ4v) is 4.51. The molecule has 3 aliphatic rings. The summed E-state index contributed by atoms with van der Waals surface area (Å²) in [7, 11) is 0. The summed E-state index contributed by atoms with van der Waals surface area (Å²) in [6, 6.07) is 4.40. The van der Waals surface area contributed by atoms with Gasteiger partial charge in [0.05, 0.1) is 6.04 Å². The zero-order valence-electron chi connectivity index (χ0n) is 13.5. The first-order chi connectivity index (χ1) is 11.9. The maximum Gasteiger partial charge on any atom is 0.232 e. The fourth-order valence-electron chi connectivity index (χ4n) is 4.16. The summed E-state index contributed by atoms with van der Waals surface area (Å²) in [6.45, 7) is 0. The highest BCUT2D eigenvalue weighted by atomic mass is 32.2. The molecule has 0 saturated heterocycles. The number of aromatic nitrogens is 4. The van der Waals surface area contributed by atoms with Crippen LogP contribution in [-0.2, 0) is 0 Å². The summed E-state index contributed by atoms with van der Waals surface area (Å²) >= 11 is 1.59. The summed E-state index contributed by atoms with van der Waals surface area (Å²) in [5, 5.41) is 10.3. The average Bonchev–Trinajstić information content (AvgIpc) is 3.27. The molecule has 4 heterocycles. The Balaban J connectivity index is 1.64. The van der Waals surface area contributed by atoms with Gasteiger partial charge in [0.25, 0.3) is 0 Å². The van der Waals surface area contributed by atoms with Crippen LogP contribution < -0.4 is 10.3 Å². The number of pyridine rings is 1. The van der Waals surface area contributed by atoms with Crippen molar-refractivity contribution in [1.82, 2.24) is 25.2 Å². The Bertz CT molecular complexity index is 787. The van der Waals surface area contributed by atoms with E-state index in [-0.39, 0.29) is 6.17 Å². The molecular formula is C16H19N7S. The van der Waals surface area contributed by atoms with Crippen LogP contribution in [0.2, 0.25) is 0 Å². The lowest BCUT2D eigenvalue weighted by atomic mass is 9.81. The Morgan fingerprint density at radius 1 is 1.21 bits per heavy atom. The Hall–Kier alpha value is -2.09. The van der Waals surface area contributed by atoms with Crippen molar-refractivity contribution in [3.8, 4) is 0 Å². The first kappa shape index (κ1) is 14.3. The maximum atomic E-state index is 4.78. The summed E-state index contributed by atoms with van der Waals surface area (Å²) in [4.78, 5) is 11.1. The van der Waals surface area contributed by atoms with Crippen molar-refractivity contribution in [2.45, 2.75) is 43.0 Å². The highest BCUT2D eigenvalue weighted by molar-refractivity contribution is 7.98. The number of hydrogen-bond donors (Lipinski definition) is 1. The summed E-state index contributed by atoms with van der Waals surface area (Å²) in [6.07, 6.45) is 10.7. The molecule has 1 aliphatic carbocycles. The van der Waals surface area contributed by atoms with Gasteiger partial charge >= 0.3 is 0 Å². The first-order valence-electron chi connectivity index (χ1n) is 8.40. The van der Waals surface area contributed by atoms with Crippen molar-refractivity contribution >= 4 is 23.5 Å². The van der Waals surface area contributed by atoms with E-state index < -0.39 is 0 Å². The van der Waals surface area contributed by atoms with Gasteiger partial charge in [-0.05, 0) is 31.2 Å². The van der Waals surface area contributed by atoms with Crippen LogP contribution in [0.1, 0.15) is 37.3 Å². The van der Waals surface area contributed by atoms with Gasteiger partial charge in [0.1, 0.15) is 6.17 Å². The average molecular weight is 341 g/mol. The normalized spacial score (nSPS) is 27.8. The van der Waals surface area contributed by atoms with Crippen molar-refractivity contribution in [1.29, 1.82) is 0 Å². The highest BCUT2D eigenvalue weighted by Gasteiger charge is 2.48. The van der Waals surface area contributed by atoms with Gasteiger partial charge in [-0.25, -0.2) is 4.68 Å². The zero-order chi connectivity index (χ0) is 16.1. The predicted molar refractivity (Wildman–Crippen MR) is 93.0 cm³/mol. The molecule has 2 aromatic heterocycles. The van der Waals surface area contributed by atoms with E-state index in [0.717, 1.165) is 22.5 Å². The van der Waals surface area contributed by atoms with Crippen molar-refractivity contribution in [3.63, 3.8) is 0 Å². The minimum atomic E-state index is 0.171. The molecule has 5 rings (SSSR count). The third kappa shape index (κ3) is 1.98. The topological polar surface area (TPSA) is 71.2 Å². The third-order valence-electron chi connectivity index (χ3n) is 5.24. The number of anilines is 1. The van der Waals surface area contributed by atoms with Crippen LogP contribution in [0.25, 0.3) is 0 Å². The minimum absolute atomic E-state index is 0.171. The Kier molecular flexibility index (Phi) is 3.26. The SMILES string of the molecule is CSc1nc2n(n1)C1CCCCC1C1NN=C(c3ccncc3)N21. The van der Waals surface area contributed by atoms with E-state index in [9.17, 15) is 0 Å².